The minimum atomic E-state index is -0.641. The number of aliphatic hydroxyl groups is 2. The maximum absolute atomic E-state index is 14.6. The largest absolute Gasteiger partial charge is 0.394 e. The molecule has 2 aliphatic carbocycles. The Kier molecular flexibility index (Phi) is 14.7. The van der Waals surface area contributed by atoms with E-state index in [2.05, 4.69) is 40.2 Å². The lowest BCUT2D eigenvalue weighted by Gasteiger charge is -2.42. The second-order valence-corrected chi connectivity index (χ2v) is 21.4. The van der Waals surface area contributed by atoms with Gasteiger partial charge in [-0.3, -0.25) is 24.6 Å². The van der Waals surface area contributed by atoms with E-state index in [1.165, 1.54) is 25.7 Å². The van der Waals surface area contributed by atoms with Crippen LogP contribution in [0.2, 0.25) is 0 Å². The van der Waals surface area contributed by atoms with E-state index in [9.17, 15) is 23.8 Å². The number of H-pyrrole nitrogens is 2. The fourth-order valence-electron chi connectivity index (χ4n) is 11.1. The molecule has 4 atom stereocenters. The SMILES string of the molecule is O=C(C(CO)N1CCN(CCC2CSC(c3cc4cc(F)cc(NC5CCCC5)c4[nH]3)=N2)CC1)C(CO)N1CCN(CCC2CSC(c3cc4cc(F)cc(NC5CCCC5)c4[nH]3)=N2)CC1. The monoisotopic (exact) mass is 944 g/mol. The Morgan fingerprint density at radius 2 is 1.05 bits per heavy atom. The van der Waals surface area contributed by atoms with Gasteiger partial charge in [-0.25, -0.2) is 8.78 Å². The molecule has 2 aromatic heterocycles. The van der Waals surface area contributed by atoms with Gasteiger partial charge in [0.1, 0.15) is 21.7 Å². The first kappa shape index (κ1) is 46.2. The van der Waals surface area contributed by atoms with Crippen LogP contribution in [0.1, 0.15) is 75.6 Å². The minimum absolute atomic E-state index is 0.0982. The quantitative estimate of drug-likeness (QED) is 0.0662. The number of rotatable bonds is 18. The van der Waals surface area contributed by atoms with Crippen molar-refractivity contribution in [2.24, 2.45) is 9.98 Å². The van der Waals surface area contributed by atoms with Crippen LogP contribution in [-0.2, 0) is 4.79 Å². The maximum atomic E-state index is 14.6. The van der Waals surface area contributed by atoms with Crippen molar-refractivity contribution in [3.63, 3.8) is 0 Å². The number of ketones is 1. The Hall–Kier alpha value is -3.55. The molecule has 6 aliphatic rings. The highest BCUT2D eigenvalue weighted by molar-refractivity contribution is 8.15. The molecule has 6 heterocycles. The summed E-state index contributed by atoms with van der Waals surface area (Å²) in [6.45, 7) is 7.23. The van der Waals surface area contributed by atoms with Gasteiger partial charge in [0.15, 0.2) is 5.78 Å². The Balaban J connectivity index is 0.661. The van der Waals surface area contributed by atoms with Crippen LogP contribution in [0.15, 0.2) is 46.4 Å². The number of nitrogens with zero attached hydrogens (tertiary/aromatic N) is 6. The maximum Gasteiger partial charge on any atom is 0.171 e. The number of nitrogens with one attached hydrogen (secondary N) is 4. The lowest BCUT2D eigenvalue weighted by atomic mass is 10.0. The zero-order valence-electron chi connectivity index (χ0n) is 38.0. The van der Waals surface area contributed by atoms with Gasteiger partial charge < -0.3 is 40.6 Å². The summed E-state index contributed by atoms with van der Waals surface area (Å²) in [7, 11) is 0. The van der Waals surface area contributed by atoms with Gasteiger partial charge in [-0.1, -0.05) is 25.7 Å². The van der Waals surface area contributed by atoms with Crippen molar-refractivity contribution in [3.05, 3.63) is 59.4 Å². The third-order valence-electron chi connectivity index (χ3n) is 15.0. The molecule has 10 rings (SSSR count). The lowest BCUT2D eigenvalue weighted by molar-refractivity contribution is -0.134. The number of aromatic amines is 2. The van der Waals surface area contributed by atoms with Crippen molar-refractivity contribution in [3.8, 4) is 0 Å². The van der Waals surface area contributed by atoms with Gasteiger partial charge in [0.25, 0.3) is 0 Å². The number of hydrogen-bond acceptors (Lipinski definition) is 13. The Bertz CT molecular complexity index is 2220. The van der Waals surface area contributed by atoms with E-state index >= 15 is 0 Å². The number of carbonyl (C=O) groups is 1. The van der Waals surface area contributed by atoms with E-state index < -0.39 is 12.1 Å². The Morgan fingerprint density at radius 3 is 1.44 bits per heavy atom. The zero-order chi connectivity index (χ0) is 45.1. The standard InChI is InChI=1S/C49H66F2N10O3S2/c50-33-21-31-23-41(56-45(31)39(25-33)52-35-5-1-2-6-35)48-54-37(29-65-48)9-11-58-13-17-60(18-14-58)43(27-62)47(64)44(28-63)61-19-15-59(16-20-61)12-10-38-30-66-49(55-38)42-24-32-22-34(51)26-40(46(32)57-42)53-36-7-3-4-8-36/h21-26,35-38,43-44,52-53,56-57,62-63H,1-20,27-30H2. The number of Topliss-reactive ketones (excluding diaryl/α,β-unsaturated/α-hetero) is 1. The normalized spacial score (nSPS) is 24.2. The highest BCUT2D eigenvalue weighted by Gasteiger charge is 2.37. The van der Waals surface area contributed by atoms with Crippen LogP contribution < -0.4 is 10.6 Å². The molecule has 0 spiro atoms. The van der Waals surface area contributed by atoms with E-state index in [4.69, 9.17) is 9.98 Å². The molecule has 2 aromatic carbocycles. The molecule has 4 fully saturated rings. The molecule has 356 valence electrons. The number of halogens is 2. The first-order valence-corrected chi connectivity index (χ1v) is 26.5. The van der Waals surface area contributed by atoms with E-state index in [1.54, 1.807) is 47.8 Å². The summed E-state index contributed by atoms with van der Waals surface area (Å²) in [4.78, 5) is 40.3. The molecule has 0 amide bonds. The van der Waals surface area contributed by atoms with Gasteiger partial charge in [0, 0.05) is 99.8 Å². The topological polar surface area (TPSA) is 151 Å². The minimum Gasteiger partial charge on any atom is -0.394 e. The summed E-state index contributed by atoms with van der Waals surface area (Å²) in [6, 6.07) is 10.3. The average Bonchev–Trinajstić information content (AvgIpc) is 4.18. The Morgan fingerprint density at radius 1 is 0.636 bits per heavy atom. The van der Waals surface area contributed by atoms with Gasteiger partial charge in [0.2, 0.25) is 0 Å². The van der Waals surface area contributed by atoms with Crippen LogP contribution in [0.25, 0.3) is 21.8 Å². The third kappa shape index (κ3) is 10.5. The summed E-state index contributed by atoms with van der Waals surface area (Å²) in [6.07, 6.45) is 11.2. The van der Waals surface area contributed by atoms with Crippen molar-refractivity contribution in [1.29, 1.82) is 0 Å². The van der Waals surface area contributed by atoms with Crippen molar-refractivity contribution in [1.82, 2.24) is 29.6 Å². The molecule has 2 saturated carbocycles. The van der Waals surface area contributed by atoms with Gasteiger partial charge in [-0.05, 0) is 74.9 Å². The van der Waals surface area contributed by atoms with Crippen LogP contribution in [-0.4, -0.2) is 182 Å². The molecule has 4 unspecified atom stereocenters. The summed E-state index contributed by atoms with van der Waals surface area (Å²) in [5.41, 5.74) is 5.44. The number of aromatic nitrogens is 2. The first-order chi connectivity index (χ1) is 32.3. The smallest absolute Gasteiger partial charge is 0.171 e. The first-order valence-electron chi connectivity index (χ1n) is 24.5. The van der Waals surface area contributed by atoms with Crippen molar-refractivity contribution >= 4 is 72.6 Å². The zero-order valence-corrected chi connectivity index (χ0v) is 39.6. The number of benzene rings is 2. The predicted octanol–water partition coefficient (Wildman–Crippen LogP) is 6.37. The average molecular weight is 945 g/mol. The molecule has 66 heavy (non-hydrogen) atoms. The fourth-order valence-corrected chi connectivity index (χ4v) is 13.3. The second kappa shape index (κ2) is 21.0. The number of fused-ring (bicyclic) bond motifs is 2. The molecule has 17 heteroatoms. The van der Waals surface area contributed by atoms with Crippen LogP contribution >= 0.6 is 23.5 Å². The highest BCUT2D eigenvalue weighted by atomic mass is 32.2. The van der Waals surface area contributed by atoms with Gasteiger partial charge in [-0.15, -0.1) is 23.5 Å². The number of carbonyl (C=O) groups excluding carboxylic acids is 1. The number of hydrogen-bond donors (Lipinski definition) is 6. The molecule has 4 aromatic rings. The van der Waals surface area contributed by atoms with E-state index in [-0.39, 0.29) is 42.7 Å². The number of thioether (sulfide) groups is 2. The van der Waals surface area contributed by atoms with Crippen molar-refractivity contribution in [2.45, 2.75) is 100 Å². The third-order valence-corrected chi connectivity index (χ3v) is 17.3. The van der Waals surface area contributed by atoms with E-state index in [0.717, 1.165) is 144 Å². The lowest BCUT2D eigenvalue weighted by Crippen LogP contribution is -2.60. The molecule has 13 nitrogen and oxygen atoms in total. The second-order valence-electron chi connectivity index (χ2n) is 19.4. The Labute approximate surface area is 395 Å². The number of aliphatic hydroxyl groups excluding tert-OH is 2. The van der Waals surface area contributed by atoms with Crippen LogP contribution in [0.4, 0.5) is 20.2 Å². The van der Waals surface area contributed by atoms with Crippen LogP contribution in [0.5, 0.6) is 0 Å². The van der Waals surface area contributed by atoms with Gasteiger partial charge >= 0.3 is 0 Å². The summed E-state index contributed by atoms with van der Waals surface area (Å²) < 4.78 is 29.2. The van der Waals surface area contributed by atoms with Crippen LogP contribution in [0.3, 0.4) is 0 Å². The predicted molar refractivity (Wildman–Crippen MR) is 266 cm³/mol. The summed E-state index contributed by atoms with van der Waals surface area (Å²) >= 11 is 3.51. The molecular weight excluding hydrogens is 879 g/mol. The molecule has 6 N–H and O–H groups in total. The van der Waals surface area contributed by atoms with Crippen LogP contribution in [0, 0.1) is 11.6 Å². The van der Waals surface area contributed by atoms with Crippen molar-refractivity contribution < 1.29 is 23.8 Å². The number of piperazine rings is 2. The summed E-state index contributed by atoms with van der Waals surface area (Å²) in [5.74, 6) is 1.27. The summed E-state index contributed by atoms with van der Waals surface area (Å²) in [5, 5.41) is 31.9. The molecule has 2 saturated heterocycles. The van der Waals surface area contributed by atoms with Gasteiger partial charge in [-0.2, -0.15) is 0 Å². The molecule has 4 aliphatic heterocycles. The van der Waals surface area contributed by atoms with E-state index in [0.29, 0.717) is 38.3 Å². The van der Waals surface area contributed by atoms with E-state index in [1.807, 2.05) is 12.1 Å². The van der Waals surface area contributed by atoms with Gasteiger partial charge in [0.05, 0.1) is 71.2 Å². The highest BCUT2D eigenvalue weighted by Crippen LogP contribution is 2.35. The molecular formula is C49H66F2N10O3S2. The number of aliphatic imine (C=N–C) groups is 2. The fraction of sp³-hybridized carbons (Fsp3) is 0.612. The molecule has 0 radical (unpaired) electrons. The van der Waals surface area contributed by atoms with Crippen molar-refractivity contribution in [2.75, 3.05) is 101 Å². The molecule has 0 bridgehead atoms. The number of anilines is 2.